The lowest BCUT2D eigenvalue weighted by Crippen LogP contribution is -2.35. The first-order chi connectivity index (χ1) is 11.0. The third-order valence-electron chi connectivity index (χ3n) is 3.44. The molecule has 0 saturated carbocycles. The van der Waals surface area contributed by atoms with Gasteiger partial charge in [0.05, 0.1) is 7.11 Å². The van der Waals surface area contributed by atoms with E-state index in [1.165, 1.54) is 0 Å². The molecule has 0 aliphatic rings. The van der Waals surface area contributed by atoms with E-state index in [0.29, 0.717) is 17.3 Å². The van der Waals surface area contributed by atoms with Gasteiger partial charge in [0.25, 0.3) is 5.91 Å². The van der Waals surface area contributed by atoms with Gasteiger partial charge in [0, 0.05) is 11.6 Å². The average Bonchev–Trinajstić information content (AvgIpc) is 2.56. The van der Waals surface area contributed by atoms with Gasteiger partial charge in [-0.1, -0.05) is 23.7 Å². The van der Waals surface area contributed by atoms with Crippen LogP contribution < -0.4 is 14.8 Å². The average molecular weight is 334 g/mol. The molecule has 1 atom stereocenters. The van der Waals surface area contributed by atoms with Gasteiger partial charge in [0.2, 0.25) is 0 Å². The predicted molar refractivity (Wildman–Crippen MR) is 91.1 cm³/mol. The van der Waals surface area contributed by atoms with Gasteiger partial charge in [-0.05, 0) is 55.3 Å². The molecule has 0 saturated heterocycles. The van der Waals surface area contributed by atoms with E-state index in [2.05, 4.69) is 5.32 Å². The molecular formula is C18H20ClNO3. The molecule has 1 amide bonds. The van der Waals surface area contributed by atoms with E-state index in [0.717, 1.165) is 16.9 Å². The summed E-state index contributed by atoms with van der Waals surface area (Å²) < 4.78 is 10.7. The second-order valence-corrected chi connectivity index (χ2v) is 5.64. The molecule has 2 aromatic carbocycles. The Kier molecular flexibility index (Phi) is 5.88. The van der Waals surface area contributed by atoms with Crippen LogP contribution in [0.4, 0.5) is 0 Å². The third kappa shape index (κ3) is 4.89. The quantitative estimate of drug-likeness (QED) is 0.876. The van der Waals surface area contributed by atoms with Gasteiger partial charge in [0.1, 0.15) is 11.5 Å². The second-order valence-electron chi connectivity index (χ2n) is 5.24. The van der Waals surface area contributed by atoms with Gasteiger partial charge in [-0.15, -0.1) is 0 Å². The number of benzene rings is 2. The first kappa shape index (κ1) is 17.2. The lowest BCUT2D eigenvalue weighted by molar-refractivity contribution is -0.127. The lowest BCUT2D eigenvalue weighted by Gasteiger charge is -2.15. The van der Waals surface area contributed by atoms with Crippen molar-refractivity contribution in [2.24, 2.45) is 0 Å². The minimum Gasteiger partial charge on any atom is -0.497 e. The smallest absolute Gasteiger partial charge is 0.261 e. The molecule has 5 heteroatoms. The normalized spacial score (nSPS) is 11.7. The third-order valence-corrected chi connectivity index (χ3v) is 3.86. The van der Waals surface area contributed by atoms with E-state index >= 15 is 0 Å². The Morgan fingerprint density at radius 3 is 2.43 bits per heavy atom. The van der Waals surface area contributed by atoms with E-state index in [4.69, 9.17) is 21.1 Å². The zero-order valence-electron chi connectivity index (χ0n) is 13.4. The van der Waals surface area contributed by atoms with E-state index in [-0.39, 0.29) is 5.91 Å². The summed E-state index contributed by atoms with van der Waals surface area (Å²) >= 11 is 5.98. The minimum absolute atomic E-state index is 0.173. The summed E-state index contributed by atoms with van der Waals surface area (Å²) in [6.07, 6.45) is -0.589. The number of aryl methyl sites for hydroxylation is 1. The lowest BCUT2D eigenvalue weighted by atomic mass is 10.2. The summed E-state index contributed by atoms with van der Waals surface area (Å²) in [5.74, 6) is 1.24. The molecule has 2 rings (SSSR count). The molecule has 0 aromatic heterocycles. The topological polar surface area (TPSA) is 47.6 Å². The molecule has 0 aliphatic heterocycles. The van der Waals surface area contributed by atoms with Crippen molar-refractivity contribution in [1.82, 2.24) is 5.32 Å². The van der Waals surface area contributed by atoms with Crippen molar-refractivity contribution in [3.8, 4) is 11.5 Å². The summed E-state index contributed by atoms with van der Waals surface area (Å²) in [5.41, 5.74) is 1.91. The molecule has 0 heterocycles. The highest BCUT2D eigenvalue weighted by Crippen LogP contribution is 2.21. The molecule has 1 N–H and O–H groups in total. The Morgan fingerprint density at radius 1 is 1.17 bits per heavy atom. The van der Waals surface area contributed by atoms with Crippen LogP contribution in [0.5, 0.6) is 11.5 Å². The number of nitrogens with one attached hydrogen (secondary N) is 1. The molecule has 122 valence electrons. The molecule has 0 spiro atoms. The van der Waals surface area contributed by atoms with Crippen molar-refractivity contribution in [2.45, 2.75) is 26.5 Å². The molecule has 4 nitrogen and oxygen atoms in total. The van der Waals surface area contributed by atoms with E-state index < -0.39 is 6.10 Å². The minimum atomic E-state index is -0.589. The summed E-state index contributed by atoms with van der Waals surface area (Å²) in [7, 11) is 1.62. The Labute approximate surface area is 141 Å². The number of amides is 1. The number of carbonyl (C=O) groups is 1. The van der Waals surface area contributed by atoms with Crippen LogP contribution in [-0.4, -0.2) is 19.1 Å². The molecular weight excluding hydrogens is 314 g/mol. The first-order valence-electron chi connectivity index (χ1n) is 7.33. The number of ether oxygens (including phenoxy) is 2. The fraction of sp³-hybridized carbons (Fsp3) is 0.278. The van der Waals surface area contributed by atoms with Crippen LogP contribution in [0.1, 0.15) is 18.1 Å². The van der Waals surface area contributed by atoms with Crippen molar-refractivity contribution in [3.63, 3.8) is 0 Å². The highest BCUT2D eigenvalue weighted by atomic mass is 35.5. The van der Waals surface area contributed by atoms with Crippen LogP contribution in [0, 0.1) is 6.92 Å². The number of methoxy groups -OCH3 is 1. The van der Waals surface area contributed by atoms with Crippen molar-refractivity contribution in [1.29, 1.82) is 0 Å². The zero-order valence-corrected chi connectivity index (χ0v) is 14.2. The number of hydrogen-bond donors (Lipinski definition) is 1. The van der Waals surface area contributed by atoms with E-state index in [1.54, 1.807) is 26.2 Å². The van der Waals surface area contributed by atoms with Crippen LogP contribution >= 0.6 is 11.6 Å². The highest BCUT2D eigenvalue weighted by molar-refractivity contribution is 6.31. The fourth-order valence-electron chi connectivity index (χ4n) is 2.02. The number of hydrogen-bond acceptors (Lipinski definition) is 3. The molecule has 2 aromatic rings. The maximum atomic E-state index is 12.1. The van der Waals surface area contributed by atoms with E-state index in [1.807, 2.05) is 37.3 Å². The van der Waals surface area contributed by atoms with Crippen molar-refractivity contribution in [3.05, 3.63) is 58.6 Å². The van der Waals surface area contributed by atoms with Crippen molar-refractivity contribution in [2.75, 3.05) is 7.11 Å². The van der Waals surface area contributed by atoms with Crippen LogP contribution in [-0.2, 0) is 11.3 Å². The number of rotatable bonds is 6. The summed E-state index contributed by atoms with van der Waals surface area (Å²) in [6.45, 7) is 4.05. The van der Waals surface area contributed by atoms with Gasteiger partial charge in [-0.3, -0.25) is 4.79 Å². The second kappa shape index (κ2) is 7.88. The summed E-state index contributed by atoms with van der Waals surface area (Å²) in [4.78, 5) is 12.1. The molecule has 0 fully saturated rings. The molecule has 0 radical (unpaired) electrons. The number of carbonyl (C=O) groups excluding carboxylic acids is 1. The SMILES string of the molecule is COc1ccc(CNC(=O)C(C)Oc2ccc(Cl)c(C)c2)cc1. The van der Waals surface area contributed by atoms with Crippen molar-refractivity contribution < 1.29 is 14.3 Å². The van der Waals surface area contributed by atoms with Gasteiger partial charge < -0.3 is 14.8 Å². The number of halogens is 1. The van der Waals surface area contributed by atoms with E-state index in [9.17, 15) is 4.79 Å². The first-order valence-corrected chi connectivity index (χ1v) is 7.71. The highest BCUT2D eigenvalue weighted by Gasteiger charge is 2.14. The zero-order chi connectivity index (χ0) is 16.8. The summed E-state index contributed by atoms with van der Waals surface area (Å²) in [6, 6.07) is 12.9. The monoisotopic (exact) mass is 333 g/mol. The largest absolute Gasteiger partial charge is 0.497 e. The Hall–Kier alpha value is -2.20. The van der Waals surface area contributed by atoms with Gasteiger partial charge in [-0.25, -0.2) is 0 Å². The molecule has 0 bridgehead atoms. The standard InChI is InChI=1S/C18H20ClNO3/c1-12-10-16(8-9-17(12)19)23-13(2)18(21)20-11-14-4-6-15(22-3)7-5-14/h4-10,13H,11H2,1-3H3,(H,20,21). The van der Waals surface area contributed by atoms with Gasteiger partial charge in [-0.2, -0.15) is 0 Å². The Balaban J connectivity index is 1.87. The Bertz CT molecular complexity index is 670. The van der Waals surface area contributed by atoms with Crippen LogP contribution in [0.3, 0.4) is 0 Å². The molecule has 1 unspecified atom stereocenters. The summed E-state index contributed by atoms with van der Waals surface area (Å²) in [5, 5.41) is 3.53. The molecule has 23 heavy (non-hydrogen) atoms. The van der Waals surface area contributed by atoms with Crippen LogP contribution in [0.15, 0.2) is 42.5 Å². The fourth-order valence-corrected chi connectivity index (χ4v) is 2.14. The van der Waals surface area contributed by atoms with Gasteiger partial charge in [0.15, 0.2) is 6.10 Å². The van der Waals surface area contributed by atoms with Crippen molar-refractivity contribution >= 4 is 17.5 Å². The maximum absolute atomic E-state index is 12.1. The maximum Gasteiger partial charge on any atom is 0.261 e. The van der Waals surface area contributed by atoms with Crippen LogP contribution in [0.25, 0.3) is 0 Å². The molecule has 0 aliphatic carbocycles. The Morgan fingerprint density at radius 2 is 1.83 bits per heavy atom. The predicted octanol–water partition coefficient (Wildman–Crippen LogP) is 3.74. The van der Waals surface area contributed by atoms with Crippen LogP contribution in [0.2, 0.25) is 5.02 Å². The van der Waals surface area contributed by atoms with Gasteiger partial charge >= 0.3 is 0 Å².